The van der Waals surface area contributed by atoms with Crippen molar-refractivity contribution in [3.8, 4) is 0 Å². The molecule has 0 spiro atoms. The van der Waals surface area contributed by atoms with E-state index in [9.17, 15) is 13.2 Å². The van der Waals surface area contributed by atoms with Crippen molar-refractivity contribution in [2.24, 2.45) is 0 Å². The fourth-order valence-electron chi connectivity index (χ4n) is 2.10. The van der Waals surface area contributed by atoms with Crippen molar-refractivity contribution in [2.45, 2.75) is 32.4 Å². The Bertz CT molecular complexity index is 594. The number of hydrogen-bond acceptors (Lipinski definition) is 3. The van der Waals surface area contributed by atoms with Gasteiger partial charge in [-0.15, -0.1) is 0 Å². The Hall–Kier alpha value is -1.40. The van der Waals surface area contributed by atoms with Crippen molar-refractivity contribution < 1.29 is 13.2 Å². The summed E-state index contributed by atoms with van der Waals surface area (Å²) < 4.78 is 24.5. The number of benzene rings is 1. The monoisotopic (exact) mass is 296 g/mol. The fourth-order valence-corrected chi connectivity index (χ4v) is 3.20. The Balaban J connectivity index is 1.89. The molecule has 5 nitrogen and oxygen atoms in total. The zero-order valence-corrected chi connectivity index (χ0v) is 12.6. The van der Waals surface area contributed by atoms with Crippen LogP contribution in [0, 0.1) is 6.92 Å². The van der Waals surface area contributed by atoms with Crippen LogP contribution >= 0.6 is 0 Å². The summed E-state index contributed by atoms with van der Waals surface area (Å²) in [5.74, 6) is -0.260. The van der Waals surface area contributed by atoms with Crippen LogP contribution in [0.2, 0.25) is 0 Å². The second-order valence-corrected chi connectivity index (χ2v) is 7.24. The van der Waals surface area contributed by atoms with Crippen LogP contribution in [0.15, 0.2) is 24.3 Å². The van der Waals surface area contributed by atoms with Crippen LogP contribution in [-0.4, -0.2) is 37.5 Å². The summed E-state index contributed by atoms with van der Waals surface area (Å²) in [6.45, 7) is 2.32. The molecule has 1 N–H and O–H groups in total. The maximum absolute atomic E-state index is 11.9. The van der Waals surface area contributed by atoms with Crippen molar-refractivity contribution >= 4 is 15.9 Å². The first-order chi connectivity index (χ1) is 9.36. The molecule has 0 radical (unpaired) electrons. The van der Waals surface area contributed by atoms with Crippen molar-refractivity contribution in [1.82, 2.24) is 9.62 Å². The molecule has 0 aromatic heterocycles. The summed E-state index contributed by atoms with van der Waals surface area (Å²) in [5, 5.41) is 2.77. The van der Waals surface area contributed by atoms with Crippen molar-refractivity contribution in [3.05, 3.63) is 35.4 Å². The van der Waals surface area contributed by atoms with E-state index in [1.54, 1.807) is 0 Å². The van der Waals surface area contributed by atoms with Gasteiger partial charge in [0.05, 0.1) is 12.8 Å². The predicted octanol–water partition coefficient (Wildman–Crippen LogP) is 1.04. The molecule has 1 fully saturated rings. The zero-order valence-electron chi connectivity index (χ0n) is 11.8. The number of aryl methyl sites for hydroxylation is 1. The van der Waals surface area contributed by atoms with Gasteiger partial charge >= 0.3 is 0 Å². The molecule has 2 rings (SSSR count). The Labute approximate surface area is 120 Å². The van der Waals surface area contributed by atoms with E-state index in [4.69, 9.17) is 0 Å². The highest BCUT2D eigenvalue weighted by atomic mass is 32.2. The normalized spacial score (nSPS) is 15.3. The van der Waals surface area contributed by atoms with Gasteiger partial charge in [-0.05, 0) is 25.3 Å². The van der Waals surface area contributed by atoms with Gasteiger partial charge in [0.1, 0.15) is 0 Å². The van der Waals surface area contributed by atoms with E-state index in [2.05, 4.69) is 5.32 Å². The van der Waals surface area contributed by atoms with Gasteiger partial charge in [0, 0.05) is 12.6 Å². The van der Waals surface area contributed by atoms with Gasteiger partial charge in [0.15, 0.2) is 0 Å². The highest BCUT2D eigenvalue weighted by Crippen LogP contribution is 2.28. The van der Waals surface area contributed by atoms with E-state index in [-0.39, 0.29) is 18.5 Å². The van der Waals surface area contributed by atoms with Crippen LogP contribution in [-0.2, 0) is 21.4 Å². The van der Waals surface area contributed by atoms with E-state index < -0.39 is 10.0 Å². The van der Waals surface area contributed by atoms with Gasteiger partial charge in [0.2, 0.25) is 15.9 Å². The molecule has 0 heterocycles. The number of amides is 1. The number of carbonyl (C=O) groups is 1. The minimum absolute atomic E-state index is 0.00900. The standard InChI is InChI=1S/C14H20N2O3S/c1-11-4-3-5-12(8-11)9-15-14(17)10-16(13-6-7-13)20(2,18)19/h3-5,8,13H,6-7,9-10H2,1-2H3,(H,15,17). The van der Waals surface area contributed by atoms with Crippen LogP contribution in [0.3, 0.4) is 0 Å². The molecule has 1 aliphatic carbocycles. The summed E-state index contributed by atoms with van der Waals surface area (Å²) in [4.78, 5) is 11.9. The van der Waals surface area contributed by atoms with Crippen LogP contribution in [0.1, 0.15) is 24.0 Å². The largest absolute Gasteiger partial charge is 0.351 e. The number of nitrogens with one attached hydrogen (secondary N) is 1. The van der Waals surface area contributed by atoms with Gasteiger partial charge in [-0.25, -0.2) is 8.42 Å². The summed E-state index contributed by atoms with van der Waals surface area (Å²) in [7, 11) is -3.31. The molecule has 20 heavy (non-hydrogen) atoms. The molecule has 1 amide bonds. The molecule has 0 aliphatic heterocycles. The van der Waals surface area contributed by atoms with Gasteiger partial charge in [-0.1, -0.05) is 29.8 Å². The molecule has 1 aromatic carbocycles. The van der Waals surface area contributed by atoms with E-state index in [0.717, 1.165) is 30.2 Å². The number of rotatable bonds is 6. The minimum Gasteiger partial charge on any atom is -0.351 e. The zero-order chi connectivity index (χ0) is 14.8. The molecule has 0 atom stereocenters. The van der Waals surface area contributed by atoms with Crippen LogP contribution in [0.5, 0.6) is 0 Å². The summed E-state index contributed by atoms with van der Waals surface area (Å²) >= 11 is 0. The summed E-state index contributed by atoms with van der Waals surface area (Å²) in [6.07, 6.45) is 2.84. The van der Waals surface area contributed by atoms with Crippen molar-refractivity contribution in [1.29, 1.82) is 0 Å². The third-order valence-corrected chi connectivity index (χ3v) is 4.53. The van der Waals surface area contributed by atoms with Gasteiger partial charge in [-0.2, -0.15) is 4.31 Å². The van der Waals surface area contributed by atoms with E-state index in [1.165, 1.54) is 4.31 Å². The van der Waals surface area contributed by atoms with Crippen molar-refractivity contribution in [2.75, 3.05) is 12.8 Å². The summed E-state index contributed by atoms with van der Waals surface area (Å²) in [5.41, 5.74) is 2.14. The Kier molecular flexibility index (Phi) is 4.45. The minimum atomic E-state index is -3.31. The Morgan fingerprint density at radius 3 is 2.65 bits per heavy atom. The lowest BCUT2D eigenvalue weighted by molar-refractivity contribution is -0.121. The number of hydrogen-bond donors (Lipinski definition) is 1. The second kappa shape index (κ2) is 5.93. The molecule has 0 bridgehead atoms. The maximum Gasteiger partial charge on any atom is 0.235 e. The highest BCUT2D eigenvalue weighted by Gasteiger charge is 2.36. The third-order valence-electron chi connectivity index (χ3n) is 3.25. The fraction of sp³-hybridized carbons (Fsp3) is 0.500. The van der Waals surface area contributed by atoms with Gasteiger partial charge < -0.3 is 5.32 Å². The lowest BCUT2D eigenvalue weighted by Crippen LogP contribution is -2.41. The molecule has 6 heteroatoms. The molecule has 0 unspecified atom stereocenters. The molecule has 110 valence electrons. The van der Waals surface area contributed by atoms with Gasteiger partial charge in [0.25, 0.3) is 0 Å². The molecule has 1 saturated carbocycles. The number of sulfonamides is 1. The maximum atomic E-state index is 11.9. The lowest BCUT2D eigenvalue weighted by atomic mass is 10.1. The predicted molar refractivity (Wildman–Crippen MR) is 77.6 cm³/mol. The van der Waals surface area contributed by atoms with Crippen LogP contribution < -0.4 is 5.32 Å². The average molecular weight is 296 g/mol. The highest BCUT2D eigenvalue weighted by molar-refractivity contribution is 7.88. The number of carbonyl (C=O) groups excluding carboxylic acids is 1. The molecule has 1 aliphatic rings. The van der Waals surface area contributed by atoms with Gasteiger partial charge in [-0.3, -0.25) is 4.79 Å². The topological polar surface area (TPSA) is 66.5 Å². The third kappa shape index (κ3) is 4.31. The smallest absolute Gasteiger partial charge is 0.235 e. The van der Waals surface area contributed by atoms with E-state index in [0.29, 0.717) is 6.54 Å². The Morgan fingerprint density at radius 2 is 2.10 bits per heavy atom. The summed E-state index contributed by atoms with van der Waals surface area (Å²) in [6, 6.07) is 7.86. The first-order valence-electron chi connectivity index (χ1n) is 6.65. The molecular formula is C14H20N2O3S. The lowest BCUT2D eigenvalue weighted by Gasteiger charge is -2.18. The second-order valence-electron chi connectivity index (χ2n) is 5.31. The number of nitrogens with zero attached hydrogens (tertiary/aromatic N) is 1. The van der Waals surface area contributed by atoms with Crippen LogP contribution in [0.25, 0.3) is 0 Å². The van der Waals surface area contributed by atoms with Crippen LogP contribution in [0.4, 0.5) is 0 Å². The first kappa shape index (κ1) is 15.0. The van der Waals surface area contributed by atoms with E-state index in [1.807, 2.05) is 31.2 Å². The Morgan fingerprint density at radius 1 is 1.40 bits per heavy atom. The molecule has 1 aromatic rings. The first-order valence-corrected chi connectivity index (χ1v) is 8.50. The quantitative estimate of drug-likeness (QED) is 0.853. The van der Waals surface area contributed by atoms with E-state index >= 15 is 0 Å². The molecular weight excluding hydrogens is 276 g/mol. The average Bonchev–Trinajstić information content (AvgIpc) is 3.16. The SMILES string of the molecule is Cc1cccc(CNC(=O)CN(C2CC2)S(C)(=O)=O)c1. The van der Waals surface area contributed by atoms with Crippen molar-refractivity contribution in [3.63, 3.8) is 0 Å². The molecule has 0 saturated heterocycles.